The van der Waals surface area contributed by atoms with Crippen molar-refractivity contribution in [1.29, 1.82) is 0 Å². The van der Waals surface area contributed by atoms with Gasteiger partial charge in [-0.05, 0) is 31.2 Å². The first-order valence-corrected chi connectivity index (χ1v) is 8.64. The number of aryl methyl sites for hydroxylation is 1. The van der Waals surface area contributed by atoms with Gasteiger partial charge in [-0.1, -0.05) is 30.3 Å². The fourth-order valence-corrected chi connectivity index (χ4v) is 4.31. The highest BCUT2D eigenvalue weighted by Crippen LogP contribution is 2.37. The molecule has 1 aromatic heterocycles. The van der Waals surface area contributed by atoms with Gasteiger partial charge in [-0.2, -0.15) is 0 Å². The quantitative estimate of drug-likeness (QED) is 0.861. The Morgan fingerprint density at radius 2 is 2.09 bits per heavy atom. The van der Waals surface area contributed by atoms with Crippen LogP contribution >= 0.6 is 0 Å². The molecule has 1 aliphatic carbocycles. The van der Waals surface area contributed by atoms with Crippen molar-refractivity contribution in [1.82, 2.24) is 4.98 Å². The summed E-state index contributed by atoms with van der Waals surface area (Å²) >= 11 is 0. The Hall–Kier alpha value is -1.94. The third-order valence-corrected chi connectivity index (χ3v) is 5.55. The SMILES string of the molecule is c1ccc(C2CN=c3[nH]c4c(c3=N2)CC2(CCCO2)CC4)cc1. The number of aromatic nitrogens is 1. The van der Waals surface area contributed by atoms with Crippen LogP contribution in [0.15, 0.2) is 40.3 Å². The number of ether oxygens (including phenoxy) is 1. The predicted octanol–water partition coefficient (Wildman–Crippen LogP) is 2.05. The van der Waals surface area contributed by atoms with Crippen molar-refractivity contribution >= 4 is 0 Å². The summed E-state index contributed by atoms with van der Waals surface area (Å²) in [6.07, 6.45) is 5.56. The van der Waals surface area contributed by atoms with Crippen LogP contribution in [-0.4, -0.2) is 23.7 Å². The third kappa shape index (κ3) is 2.16. The highest BCUT2D eigenvalue weighted by Gasteiger charge is 2.40. The summed E-state index contributed by atoms with van der Waals surface area (Å²) in [6, 6.07) is 10.6. The molecule has 118 valence electrons. The summed E-state index contributed by atoms with van der Waals surface area (Å²) in [5.41, 5.74) is 4.99. The van der Waals surface area contributed by atoms with Crippen molar-refractivity contribution in [3.05, 3.63) is 58.0 Å². The van der Waals surface area contributed by atoms with Crippen molar-refractivity contribution in [3.8, 4) is 0 Å². The van der Waals surface area contributed by atoms with Gasteiger partial charge in [0.15, 0.2) is 5.49 Å². The normalized spacial score (nSPS) is 28.8. The number of aromatic amines is 1. The molecule has 0 bridgehead atoms. The van der Waals surface area contributed by atoms with Crippen molar-refractivity contribution < 1.29 is 4.74 Å². The Bertz CT molecular complexity index is 847. The summed E-state index contributed by atoms with van der Waals surface area (Å²) in [7, 11) is 0. The van der Waals surface area contributed by atoms with Crippen LogP contribution in [0, 0.1) is 0 Å². The molecule has 2 aromatic rings. The number of hydrogen-bond donors (Lipinski definition) is 1. The van der Waals surface area contributed by atoms with Gasteiger partial charge in [-0.3, -0.25) is 9.98 Å². The Kier molecular flexibility index (Phi) is 2.95. The molecular formula is C19H21N3O. The van der Waals surface area contributed by atoms with Crippen LogP contribution in [-0.2, 0) is 17.6 Å². The average Bonchev–Trinajstić information content (AvgIpc) is 3.20. The summed E-state index contributed by atoms with van der Waals surface area (Å²) in [5.74, 6) is 0. The number of benzene rings is 1. The van der Waals surface area contributed by atoms with Gasteiger partial charge in [0.05, 0.1) is 18.2 Å². The average molecular weight is 307 g/mol. The lowest BCUT2D eigenvalue weighted by Gasteiger charge is -2.32. The maximum atomic E-state index is 6.12. The van der Waals surface area contributed by atoms with Crippen LogP contribution in [0.2, 0.25) is 0 Å². The molecule has 23 heavy (non-hydrogen) atoms. The maximum Gasteiger partial charge on any atom is 0.151 e. The summed E-state index contributed by atoms with van der Waals surface area (Å²) in [6.45, 7) is 1.65. The minimum absolute atomic E-state index is 0.0676. The number of H-pyrrole nitrogens is 1. The second-order valence-electron chi connectivity index (χ2n) is 6.99. The lowest BCUT2D eigenvalue weighted by Crippen LogP contribution is -2.39. The number of nitrogens with one attached hydrogen (secondary N) is 1. The van der Waals surface area contributed by atoms with E-state index in [1.165, 1.54) is 29.7 Å². The second kappa shape index (κ2) is 5.03. The van der Waals surface area contributed by atoms with Crippen LogP contribution in [0.1, 0.15) is 42.1 Å². The van der Waals surface area contributed by atoms with Gasteiger partial charge in [0, 0.05) is 24.3 Å². The lowest BCUT2D eigenvalue weighted by atomic mass is 9.81. The number of rotatable bonds is 1. The topological polar surface area (TPSA) is 49.7 Å². The molecule has 0 saturated carbocycles. The van der Waals surface area contributed by atoms with E-state index in [0.717, 1.165) is 43.3 Å². The smallest absolute Gasteiger partial charge is 0.151 e. The largest absolute Gasteiger partial charge is 0.375 e. The van der Waals surface area contributed by atoms with Crippen LogP contribution in [0.5, 0.6) is 0 Å². The molecule has 0 amide bonds. The minimum atomic E-state index is 0.0676. The molecule has 1 fully saturated rings. The number of hydrogen-bond acceptors (Lipinski definition) is 3. The van der Waals surface area contributed by atoms with Gasteiger partial charge >= 0.3 is 0 Å². The monoisotopic (exact) mass is 307 g/mol. The highest BCUT2D eigenvalue weighted by molar-refractivity contribution is 5.28. The molecule has 2 atom stereocenters. The van der Waals surface area contributed by atoms with E-state index < -0.39 is 0 Å². The number of fused-ring (bicyclic) bond motifs is 3. The second-order valence-corrected chi connectivity index (χ2v) is 6.99. The van der Waals surface area contributed by atoms with E-state index in [2.05, 4.69) is 29.2 Å². The maximum absolute atomic E-state index is 6.12. The van der Waals surface area contributed by atoms with Crippen LogP contribution in [0.4, 0.5) is 0 Å². The summed E-state index contributed by atoms with van der Waals surface area (Å²) in [5, 5.41) is 1.09. The molecule has 1 saturated heterocycles. The Morgan fingerprint density at radius 3 is 2.91 bits per heavy atom. The zero-order valence-electron chi connectivity index (χ0n) is 13.2. The van der Waals surface area contributed by atoms with Crippen LogP contribution < -0.4 is 10.8 Å². The molecular weight excluding hydrogens is 286 g/mol. The Balaban J connectivity index is 1.59. The van der Waals surface area contributed by atoms with Crippen molar-refractivity contribution in [2.24, 2.45) is 9.98 Å². The molecule has 0 radical (unpaired) electrons. The first-order valence-electron chi connectivity index (χ1n) is 8.64. The molecule has 5 rings (SSSR count). The van der Waals surface area contributed by atoms with Crippen molar-refractivity contribution in [2.45, 2.75) is 43.7 Å². The Morgan fingerprint density at radius 1 is 1.17 bits per heavy atom. The van der Waals surface area contributed by atoms with E-state index in [4.69, 9.17) is 14.7 Å². The molecule has 4 heteroatoms. The van der Waals surface area contributed by atoms with E-state index >= 15 is 0 Å². The van der Waals surface area contributed by atoms with Gasteiger partial charge in [0.25, 0.3) is 0 Å². The molecule has 4 nitrogen and oxygen atoms in total. The zero-order chi connectivity index (χ0) is 15.3. The third-order valence-electron chi connectivity index (χ3n) is 5.55. The van der Waals surface area contributed by atoms with Crippen LogP contribution in [0.25, 0.3) is 0 Å². The first-order chi connectivity index (χ1) is 11.3. The van der Waals surface area contributed by atoms with E-state index in [9.17, 15) is 0 Å². The summed E-state index contributed by atoms with van der Waals surface area (Å²) in [4.78, 5) is 13.4. The van der Waals surface area contributed by atoms with E-state index in [-0.39, 0.29) is 11.6 Å². The fraction of sp³-hybridized carbons (Fsp3) is 0.474. The van der Waals surface area contributed by atoms with E-state index in [1.54, 1.807) is 0 Å². The lowest BCUT2D eigenvalue weighted by molar-refractivity contribution is -0.00698. The van der Waals surface area contributed by atoms with Crippen molar-refractivity contribution in [3.63, 3.8) is 0 Å². The van der Waals surface area contributed by atoms with Gasteiger partial charge in [-0.15, -0.1) is 0 Å². The standard InChI is InChI=1S/C19H21N3O/c1-2-5-13(6-3-1)16-12-20-18-17(21-16)14-11-19(8-4-10-23-19)9-7-15(14)22-18/h1-3,5-6,16H,4,7-12H2,(H,20,22). The molecule has 3 heterocycles. The van der Waals surface area contributed by atoms with Crippen molar-refractivity contribution in [2.75, 3.05) is 13.2 Å². The molecule has 3 aliphatic rings. The Labute approximate surface area is 135 Å². The molecule has 1 N–H and O–H groups in total. The molecule has 1 spiro atoms. The van der Waals surface area contributed by atoms with Crippen LogP contribution in [0.3, 0.4) is 0 Å². The molecule has 1 aromatic carbocycles. The van der Waals surface area contributed by atoms with Gasteiger partial charge in [0.2, 0.25) is 0 Å². The minimum Gasteiger partial charge on any atom is -0.375 e. The first kappa shape index (κ1) is 13.5. The predicted molar refractivity (Wildman–Crippen MR) is 87.1 cm³/mol. The van der Waals surface area contributed by atoms with E-state index in [1.807, 2.05) is 6.07 Å². The molecule has 2 aliphatic heterocycles. The highest BCUT2D eigenvalue weighted by atomic mass is 16.5. The van der Waals surface area contributed by atoms with Gasteiger partial charge in [0.1, 0.15) is 5.36 Å². The van der Waals surface area contributed by atoms with Gasteiger partial charge in [-0.25, -0.2) is 0 Å². The summed E-state index contributed by atoms with van der Waals surface area (Å²) < 4.78 is 6.12. The fourth-order valence-electron chi connectivity index (χ4n) is 4.31. The number of nitrogens with zero attached hydrogens (tertiary/aromatic N) is 2. The molecule has 2 unspecified atom stereocenters. The zero-order valence-corrected chi connectivity index (χ0v) is 13.2. The van der Waals surface area contributed by atoms with Gasteiger partial charge < -0.3 is 9.72 Å². The van der Waals surface area contributed by atoms with E-state index in [0.29, 0.717) is 0 Å².